The molecule has 1 aromatic carbocycles. The smallest absolute Gasteiger partial charge is 0.332 e. The van der Waals surface area contributed by atoms with E-state index in [0.29, 0.717) is 18.2 Å². The number of benzene rings is 1. The SMILES string of the molecule is CC1=NN(CC(N)=O)c2nc3c(c(=O)n(C/C=C\c4ccccc4)c(=O)n3C)n2C1. The average molecular weight is 407 g/mol. The van der Waals surface area contributed by atoms with Crippen LogP contribution < -0.4 is 22.0 Å². The van der Waals surface area contributed by atoms with Crippen molar-refractivity contribution in [3.05, 3.63) is 62.8 Å². The largest absolute Gasteiger partial charge is 0.368 e. The summed E-state index contributed by atoms with van der Waals surface area (Å²) in [5.74, 6) is -0.275. The van der Waals surface area contributed by atoms with Gasteiger partial charge in [0.05, 0.1) is 12.3 Å². The Morgan fingerprint density at radius 1 is 1.23 bits per heavy atom. The fourth-order valence-corrected chi connectivity index (χ4v) is 3.49. The molecule has 3 aromatic rings. The summed E-state index contributed by atoms with van der Waals surface area (Å²) in [5.41, 5.74) is 6.58. The molecule has 0 fully saturated rings. The molecule has 1 aliphatic rings. The number of carbonyl (C=O) groups excluding carboxylic acids is 1. The highest BCUT2D eigenvalue weighted by atomic mass is 16.2. The maximum Gasteiger partial charge on any atom is 0.332 e. The fraction of sp³-hybridized carbons (Fsp3) is 0.250. The average Bonchev–Trinajstić information content (AvgIpc) is 3.09. The van der Waals surface area contributed by atoms with Gasteiger partial charge in [0.25, 0.3) is 5.56 Å². The Morgan fingerprint density at radius 2 is 1.97 bits per heavy atom. The van der Waals surface area contributed by atoms with E-state index >= 15 is 0 Å². The van der Waals surface area contributed by atoms with Gasteiger partial charge in [-0.3, -0.25) is 23.3 Å². The zero-order valence-corrected chi connectivity index (χ0v) is 16.6. The molecule has 0 radical (unpaired) electrons. The second-order valence-corrected chi connectivity index (χ2v) is 7.10. The third-order valence-electron chi connectivity index (χ3n) is 4.82. The first-order valence-corrected chi connectivity index (χ1v) is 9.38. The van der Waals surface area contributed by atoms with Crippen molar-refractivity contribution in [2.45, 2.75) is 20.0 Å². The number of hydrazone groups is 1. The van der Waals surface area contributed by atoms with E-state index in [-0.39, 0.29) is 24.3 Å². The number of imidazole rings is 1. The molecule has 0 bridgehead atoms. The predicted molar refractivity (Wildman–Crippen MR) is 114 cm³/mol. The molecule has 30 heavy (non-hydrogen) atoms. The lowest BCUT2D eigenvalue weighted by molar-refractivity contribution is -0.116. The Labute approximate surface area is 171 Å². The number of primary amides is 1. The monoisotopic (exact) mass is 407 g/mol. The maximum atomic E-state index is 13.2. The standard InChI is InChI=1S/C20H21N7O3/c1-13-11-26-16-17(22-19(26)27(23-13)12-15(21)28)24(2)20(30)25(18(16)29)10-6-9-14-7-4-3-5-8-14/h3-9H,10-12H2,1-2H3,(H2,21,28)/b9-6-. The number of anilines is 1. The lowest BCUT2D eigenvalue weighted by Crippen LogP contribution is -2.40. The molecule has 10 heteroatoms. The van der Waals surface area contributed by atoms with Gasteiger partial charge in [-0.25, -0.2) is 9.80 Å². The van der Waals surface area contributed by atoms with E-state index in [1.54, 1.807) is 24.6 Å². The van der Waals surface area contributed by atoms with Crippen LogP contribution in [0.5, 0.6) is 0 Å². The Morgan fingerprint density at radius 3 is 2.67 bits per heavy atom. The molecule has 0 unspecified atom stereocenters. The Kier molecular flexibility index (Phi) is 4.82. The van der Waals surface area contributed by atoms with Crippen LogP contribution in [-0.4, -0.2) is 36.8 Å². The zero-order valence-electron chi connectivity index (χ0n) is 16.6. The summed E-state index contributed by atoms with van der Waals surface area (Å²) in [7, 11) is 1.56. The van der Waals surface area contributed by atoms with Gasteiger partial charge in [-0.2, -0.15) is 10.1 Å². The van der Waals surface area contributed by atoms with Crippen LogP contribution in [0.1, 0.15) is 12.5 Å². The van der Waals surface area contributed by atoms with Gasteiger partial charge >= 0.3 is 5.69 Å². The van der Waals surface area contributed by atoms with Crippen molar-refractivity contribution >= 4 is 34.8 Å². The lowest BCUT2D eigenvalue weighted by atomic mass is 10.2. The van der Waals surface area contributed by atoms with Crippen molar-refractivity contribution in [1.29, 1.82) is 0 Å². The summed E-state index contributed by atoms with van der Waals surface area (Å²) in [6, 6.07) is 9.61. The van der Waals surface area contributed by atoms with Crippen molar-refractivity contribution in [3.8, 4) is 0 Å². The molecule has 10 nitrogen and oxygen atoms in total. The lowest BCUT2D eigenvalue weighted by Gasteiger charge is -2.23. The minimum atomic E-state index is -0.579. The van der Waals surface area contributed by atoms with E-state index < -0.39 is 17.2 Å². The number of aromatic nitrogens is 4. The summed E-state index contributed by atoms with van der Waals surface area (Å²) in [6.45, 7) is 2.05. The number of aryl methyl sites for hydroxylation is 1. The number of hydrogen-bond acceptors (Lipinski definition) is 6. The second-order valence-electron chi connectivity index (χ2n) is 7.10. The van der Waals surface area contributed by atoms with Gasteiger partial charge < -0.3 is 5.73 Å². The van der Waals surface area contributed by atoms with Gasteiger partial charge in [0.2, 0.25) is 11.9 Å². The molecule has 0 aliphatic carbocycles. The first-order chi connectivity index (χ1) is 14.4. The quantitative estimate of drug-likeness (QED) is 0.652. The van der Waals surface area contributed by atoms with Crippen molar-refractivity contribution in [3.63, 3.8) is 0 Å². The topological polar surface area (TPSA) is 121 Å². The molecular formula is C20H21N7O3. The van der Waals surface area contributed by atoms with E-state index in [0.717, 1.165) is 10.1 Å². The number of hydrogen-bond donors (Lipinski definition) is 1. The Bertz CT molecular complexity index is 1310. The van der Waals surface area contributed by atoms with Crippen molar-refractivity contribution in [2.24, 2.45) is 17.9 Å². The molecular weight excluding hydrogens is 386 g/mol. The maximum absolute atomic E-state index is 13.2. The minimum Gasteiger partial charge on any atom is -0.368 e. The summed E-state index contributed by atoms with van der Waals surface area (Å²) in [6.07, 6.45) is 3.62. The number of allylic oxidation sites excluding steroid dienone is 1. The van der Waals surface area contributed by atoms with Gasteiger partial charge in [-0.05, 0) is 12.5 Å². The summed E-state index contributed by atoms with van der Waals surface area (Å²) in [5, 5.41) is 5.66. The number of nitrogens with two attached hydrogens (primary N) is 1. The van der Waals surface area contributed by atoms with Crippen molar-refractivity contribution in [1.82, 2.24) is 18.7 Å². The zero-order chi connectivity index (χ0) is 21.4. The predicted octanol–water partition coefficient (Wildman–Crippen LogP) is 0.291. The molecule has 3 heterocycles. The molecule has 2 aromatic heterocycles. The van der Waals surface area contributed by atoms with Crippen LogP contribution in [-0.2, 0) is 24.9 Å². The van der Waals surface area contributed by atoms with Gasteiger partial charge in [-0.15, -0.1) is 0 Å². The van der Waals surface area contributed by atoms with Crippen LogP contribution in [0.15, 0.2) is 51.1 Å². The molecule has 1 aliphatic heterocycles. The van der Waals surface area contributed by atoms with Crippen LogP contribution in [0.2, 0.25) is 0 Å². The Hall–Kier alpha value is -3.95. The van der Waals surface area contributed by atoms with E-state index in [1.807, 2.05) is 36.4 Å². The van der Waals surface area contributed by atoms with Gasteiger partial charge in [0.15, 0.2) is 11.2 Å². The highest BCUT2D eigenvalue weighted by molar-refractivity contribution is 5.89. The highest BCUT2D eigenvalue weighted by Crippen LogP contribution is 2.23. The van der Waals surface area contributed by atoms with Crippen LogP contribution in [0.3, 0.4) is 0 Å². The first-order valence-electron chi connectivity index (χ1n) is 9.38. The third kappa shape index (κ3) is 3.32. The number of rotatable bonds is 5. The van der Waals surface area contributed by atoms with E-state index in [4.69, 9.17) is 5.73 Å². The molecule has 4 rings (SSSR count). The fourth-order valence-electron chi connectivity index (χ4n) is 3.49. The summed E-state index contributed by atoms with van der Waals surface area (Å²) >= 11 is 0. The molecule has 0 saturated heterocycles. The number of fused-ring (bicyclic) bond motifs is 3. The number of nitrogens with zero attached hydrogens (tertiary/aromatic N) is 6. The Balaban J connectivity index is 1.82. The molecule has 0 saturated carbocycles. The van der Waals surface area contributed by atoms with Gasteiger partial charge in [0, 0.05) is 13.6 Å². The molecule has 2 N–H and O–H groups in total. The third-order valence-corrected chi connectivity index (χ3v) is 4.82. The highest BCUT2D eigenvalue weighted by Gasteiger charge is 2.27. The van der Waals surface area contributed by atoms with Crippen molar-refractivity contribution < 1.29 is 4.79 Å². The van der Waals surface area contributed by atoms with E-state index in [9.17, 15) is 14.4 Å². The van der Waals surface area contributed by atoms with E-state index in [2.05, 4.69) is 10.1 Å². The van der Waals surface area contributed by atoms with Gasteiger partial charge in [0.1, 0.15) is 6.54 Å². The normalized spacial score (nSPS) is 13.7. The van der Waals surface area contributed by atoms with Crippen LogP contribution in [0.4, 0.5) is 5.95 Å². The summed E-state index contributed by atoms with van der Waals surface area (Å²) in [4.78, 5) is 41.9. The minimum absolute atomic E-state index is 0.120. The second kappa shape index (κ2) is 7.47. The van der Waals surface area contributed by atoms with Crippen LogP contribution in [0, 0.1) is 0 Å². The number of carbonyl (C=O) groups is 1. The molecule has 0 spiro atoms. The summed E-state index contributed by atoms with van der Waals surface area (Å²) < 4.78 is 4.16. The van der Waals surface area contributed by atoms with E-state index in [1.165, 1.54) is 9.58 Å². The first kappa shape index (κ1) is 19.4. The molecule has 154 valence electrons. The van der Waals surface area contributed by atoms with Crippen molar-refractivity contribution in [2.75, 3.05) is 11.6 Å². The number of amides is 1. The van der Waals surface area contributed by atoms with Crippen LogP contribution >= 0.6 is 0 Å². The van der Waals surface area contributed by atoms with Crippen LogP contribution in [0.25, 0.3) is 17.2 Å². The van der Waals surface area contributed by atoms with Gasteiger partial charge in [-0.1, -0.05) is 42.5 Å². The molecule has 0 atom stereocenters. The molecule has 1 amide bonds.